The minimum Gasteiger partial charge on any atom is -0.337 e. The Morgan fingerprint density at radius 2 is 2.05 bits per heavy atom. The van der Waals surface area contributed by atoms with Crippen molar-refractivity contribution < 1.29 is 0 Å². The van der Waals surface area contributed by atoms with Gasteiger partial charge in [0, 0.05) is 31.0 Å². The van der Waals surface area contributed by atoms with Crippen LogP contribution >= 0.6 is 0 Å². The summed E-state index contributed by atoms with van der Waals surface area (Å²) >= 11 is 0. The van der Waals surface area contributed by atoms with Gasteiger partial charge >= 0.3 is 0 Å². The quantitative estimate of drug-likeness (QED) is 0.649. The van der Waals surface area contributed by atoms with Crippen LogP contribution in [0.4, 0.5) is 0 Å². The van der Waals surface area contributed by atoms with Crippen molar-refractivity contribution in [1.29, 1.82) is 0 Å². The Morgan fingerprint density at radius 3 is 2.86 bits per heavy atom. The highest BCUT2D eigenvalue weighted by molar-refractivity contribution is 5.60. The number of hydrogen-bond acceptors (Lipinski definition) is 4. The van der Waals surface area contributed by atoms with Crippen LogP contribution in [0.5, 0.6) is 0 Å². The molecule has 0 aliphatic rings. The van der Waals surface area contributed by atoms with Gasteiger partial charge in [-0.05, 0) is 13.0 Å². The van der Waals surface area contributed by atoms with E-state index < -0.39 is 0 Å². The van der Waals surface area contributed by atoms with E-state index in [4.69, 9.17) is 0 Å². The van der Waals surface area contributed by atoms with E-state index in [-0.39, 0.29) is 0 Å². The molecule has 2 N–H and O–H groups in total. The van der Waals surface area contributed by atoms with Crippen LogP contribution in [0.2, 0.25) is 0 Å². The number of rotatable bonds is 7. The Hall–Kier alpha value is -2.47. The lowest BCUT2D eigenvalue weighted by Gasteiger charge is -2.05. The SMILES string of the molecule is c1ccc(-c2n[nH]nc2CNCCCn2ccnc2)cc1. The van der Waals surface area contributed by atoms with Crippen molar-refractivity contribution in [2.24, 2.45) is 0 Å². The summed E-state index contributed by atoms with van der Waals surface area (Å²) in [6, 6.07) is 10.1. The highest BCUT2D eigenvalue weighted by Gasteiger charge is 2.08. The molecule has 108 valence electrons. The summed E-state index contributed by atoms with van der Waals surface area (Å²) in [6.45, 7) is 2.61. The van der Waals surface area contributed by atoms with Crippen LogP contribution < -0.4 is 5.32 Å². The maximum absolute atomic E-state index is 4.24. The topological polar surface area (TPSA) is 71.4 Å². The lowest BCUT2D eigenvalue weighted by molar-refractivity contribution is 0.577. The van der Waals surface area contributed by atoms with Crippen LogP contribution in [-0.2, 0) is 13.1 Å². The van der Waals surface area contributed by atoms with Crippen LogP contribution in [0.1, 0.15) is 12.1 Å². The maximum Gasteiger partial charge on any atom is 0.117 e. The van der Waals surface area contributed by atoms with Crippen molar-refractivity contribution in [3.05, 3.63) is 54.7 Å². The molecule has 0 atom stereocenters. The zero-order valence-electron chi connectivity index (χ0n) is 11.7. The fourth-order valence-corrected chi connectivity index (χ4v) is 2.22. The molecule has 0 radical (unpaired) electrons. The number of H-pyrrole nitrogens is 1. The average Bonchev–Trinajstić information content (AvgIpc) is 3.19. The van der Waals surface area contributed by atoms with Gasteiger partial charge in [0.1, 0.15) is 11.4 Å². The van der Waals surface area contributed by atoms with Crippen molar-refractivity contribution in [1.82, 2.24) is 30.3 Å². The molecular formula is C15H18N6. The molecule has 0 unspecified atom stereocenters. The van der Waals surface area contributed by atoms with Gasteiger partial charge < -0.3 is 9.88 Å². The molecule has 0 spiro atoms. The number of imidazole rings is 1. The molecule has 0 fully saturated rings. The highest BCUT2D eigenvalue weighted by Crippen LogP contribution is 2.18. The van der Waals surface area contributed by atoms with Crippen LogP contribution in [0, 0.1) is 0 Å². The van der Waals surface area contributed by atoms with Gasteiger partial charge in [0.15, 0.2) is 0 Å². The molecule has 3 rings (SSSR count). The summed E-state index contributed by atoms with van der Waals surface area (Å²) in [4.78, 5) is 4.03. The number of aromatic nitrogens is 5. The molecule has 6 nitrogen and oxygen atoms in total. The molecule has 3 aromatic rings. The summed E-state index contributed by atoms with van der Waals surface area (Å²) in [5, 5.41) is 14.6. The number of nitrogens with one attached hydrogen (secondary N) is 2. The monoisotopic (exact) mass is 282 g/mol. The van der Waals surface area contributed by atoms with Gasteiger partial charge in [0.05, 0.1) is 6.33 Å². The van der Waals surface area contributed by atoms with E-state index in [1.54, 1.807) is 6.20 Å². The Morgan fingerprint density at radius 1 is 1.14 bits per heavy atom. The summed E-state index contributed by atoms with van der Waals surface area (Å²) in [5.74, 6) is 0. The zero-order valence-corrected chi connectivity index (χ0v) is 11.7. The number of hydrogen-bond donors (Lipinski definition) is 2. The molecule has 0 aliphatic heterocycles. The molecule has 0 amide bonds. The third kappa shape index (κ3) is 3.55. The van der Waals surface area contributed by atoms with Crippen LogP contribution in [0.25, 0.3) is 11.3 Å². The van der Waals surface area contributed by atoms with Crippen molar-refractivity contribution in [2.75, 3.05) is 6.54 Å². The number of benzene rings is 1. The van der Waals surface area contributed by atoms with Gasteiger partial charge in [0.25, 0.3) is 0 Å². The van der Waals surface area contributed by atoms with E-state index in [0.717, 1.165) is 36.5 Å². The lowest BCUT2D eigenvalue weighted by Crippen LogP contribution is -2.17. The Bertz CT molecular complexity index is 644. The van der Waals surface area contributed by atoms with Crippen LogP contribution in [0.15, 0.2) is 49.1 Å². The largest absolute Gasteiger partial charge is 0.337 e. The minimum atomic E-state index is 0.713. The molecule has 0 saturated carbocycles. The number of aryl methyl sites for hydroxylation is 1. The Balaban J connectivity index is 1.49. The first kappa shape index (κ1) is 13.5. The van der Waals surface area contributed by atoms with Gasteiger partial charge in [-0.3, -0.25) is 0 Å². The maximum atomic E-state index is 4.24. The fraction of sp³-hybridized carbons (Fsp3) is 0.267. The van der Waals surface area contributed by atoms with Gasteiger partial charge in [0.2, 0.25) is 0 Å². The molecule has 0 bridgehead atoms. The minimum absolute atomic E-state index is 0.713. The first-order chi connectivity index (χ1) is 10.4. The van der Waals surface area contributed by atoms with Crippen molar-refractivity contribution in [3.63, 3.8) is 0 Å². The first-order valence-electron chi connectivity index (χ1n) is 7.05. The predicted octanol–water partition coefficient (Wildman–Crippen LogP) is 1.85. The predicted molar refractivity (Wildman–Crippen MR) is 80.4 cm³/mol. The molecule has 1 aromatic carbocycles. The number of nitrogens with zero attached hydrogens (tertiary/aromatic N) is 4. The zero-order chi connectivity index (χ0) is 14.3. The second-order valence-corrected chi connectivity index (χ2v) is 4.82. The third-order valence-electron chi connectivity index (χ3n) is 3.29. The van der Waals surface area contributed by atoms with Gasteiger partial charge in [-0.1, -0.05) is 30.3 Å². The second kappa shape index (κ2) is 6.81. The normalized spacial score (nSPS) is 10.9. The summed E-state index contributed by atoms with van der Waals surface area (Å²) in [6.07, 6.45) is 6.67. The molecule has 2 heterocycles. The van der Waals surface area contributed by atoms with E-state index in [1.807, 2.05) is 42.9 Å². The van der Waals surface area contributed by atoms with Crippen molar-refractivity contribution in [2.45, 2.75) is 19.5 Å². The lowest BCUT2D eigenvalue weighted by atomic mass is 10.1. The van der Waals surface area contributed by atoms with Crippen molar-refractivity contribution >= 4 is 0 Å². The Kier molecular flexibility index (Phi) is 4.38. The van der Waals surface area contributed by atoms with Crippen LogP contribution in [-0.4, -0.2) is 31.5 Å². The molecule has 0 saturated heterocycles. The average molecular weight is 282 g/mol. The molecule has 2 aromatic heterocycles. The van der Waals surface area contributed by atoms with E-state index in [9.17, 15) is 0 Å². The smallest absolute Gasteiger partial charge is 0.117 e. The summed E-state index contributed by atoms with van der Waals surface area (Å²) < 4.78 is 2.08. The van der Waals surface area contributed by atoms with Gasteiger partial charge in [-0.2, -0.15) is 15.4 Å². The summed E-state index contributed by atoms with van der Waals surface area (Å²) in [7, 11) is 0. The highest BCUT2D eigenvalue weighted by atomic mass is 15.3. The van der Waals surface area contributed by atoms with E-state index in [2.05, 4.69) is 30.3 Å². The molecule has 21 heavy (non-hydrogen) atoms. The number of aromatic amines is 1. The van der Waals surface area contributed by atoms with E-state index in [1.165, 1.54) is 0 Å². The van der Waals surface area contributed by atoms with E-state index in [0.29, 0.717) is 6.54 Å². The standard InChI is InChI=1S/C15H18N6/c1-2-5-13(6-3-1)15-14(18-20-19-15)11-16-7-4-9-21-10-8-17-12-21/h1-3,5-6,8,10,12,16H,4,7,9,11H2,(H,18,19,20). The van der Waals surface area contributed by atoms with Gasteiger partial charge in [-0.15, -0.1) is 0 Å². The first-order valence-corrected chi connectivity index (χ1v) is 7.05. The molecular weight excluding hydrogens is 264 g/mol. The second-order valence-electron chi connectivity index (χ2n) is 4.82. The molecule has 6 heteroatoms. The third-order valence-corrected chi connectivity index (χ3v) is 3.29. The van der Waals surface area contributed by atoms with E-state index >= 15 is 0 Å². The Labute approximate surface area is 123 Å². The summed E-state index contributed by atoms with van der Waals surface area (Å²) in [5.41, 5.74) is 2.95. The van der Waals surface area contributed by atoms with Crippen LogP contribution in [0.3, 0.4) is 0 Å². The van der Waals surface area contributed by atoms with Gasteiger partial charge in [-0.25, -0.2) is 4.98 Å². The fourth-order valence-electron chi connectivity index (χ4n) is 2.22. The van der Waals surface area contributed by atoms with Crippen molar-refractivity contribution in [3.8, 4) is 11.3 Å². The molecule has 0 aliphatic carbocycles.